The summed E-state index contributed by atoms with van der Waals surface area (Å²) in [5.74, 6) is -0.0542. The van der Waals surface area contributed by atoms with Gasteiger partial charge in [0, 0.05) is 12.3 Å². The number of nitriles is 1. The number of hydrogen-bond donors (Lipinski definition) is 0. The first-order valence-electron chi connectivity index (χ1n) is 5.49. The number of benzene rings is 1. The Morgan fingerprint density at radius 3 is 2.89 bits per heavy atom. The zero-order valence-electron chi connectivity index (χ0n) is 9.63. The predicted octanol–water partition coefficient (Wildman–Crippen LogP) is 3.63. The van der Waals surface area contributed by atoms with Crippen LogP contribution in [0.25, 0.3) is 11.0 Å². The van der Waals surface area contributed by atoms with Crippen LogP contribution >= 0.6 is 0 Å². The van der Waals surface area contributed by atoms with Gasteiger partial charge in [-0.1, -0.05) is 12.1 Å². The van der Waals surface area contributed by atoms with Gasteiger partial charge in [-0.3, -0.25) is 0 Å². The largest absolute Gasteiger partial charge is 0.452 e. The van der Waals surface area contributed by atoms with Crippen molar-refractivity contribution in [2.45, 2.75) is 0 Å². The van der Waals surface area contributed by atoms with E-state index >= 15 is 0 Å². The zero-order valence-corrected chi connectivity index (χ0v) is 9.63. The highest BCUT2D eigenvalue weighted by atomic mass is 19.1. The maximum absolute atomic E-state index is 13.0. The lowest BCUT2D eigenvalue weighted by Gasteiger charge is -2.03. The third kappa shape index (κ3) is 2.00. The molecule has 2 aromatic heterocycles. The molecular formula is C14H7FN2O2. The lowest BCUT2D eigenvalue weighted by molar-refractivity contribution is 0.459. The van der Waals surface area contributed by atoms with Crippen molar-refractivity contribution in [3.05, 3.63) is 54.3 Å². The number of hydrogen-bond acceptors (Lipinski definition) is 4. The van der Waals surface area contributed by atoms with Crippen molar-refractivity contribution >= 4 is 11.0 Å². The number of furan rings is 1. The number of para-hydroxylation sites is 1. The van der Waals surface area contributed by atoms with E-state index in [0.29, 0.717) is 11.0 Å². The van der Waals surface area contributed by atoms with Crippen LogP contribution in [0, 0.1) is 17.3 Å². The van der Waals surface area contributed by atoms with Gasteiger partial charge in [-0.25, -0.2) is 4.98 Å². The summed E-state index contributed by atoms with van der Waals surface area (Å²) in [6, 6.07) is 11.7. The third-order valence-electron chi connectivity index (χ3n) is 2.57. The summed E-state index contributed by atoms with van der Waals surface area (Å²) < 4.78 is 23.9. The molecule has 19 heavy (non-hydrogen) atoms. The van der Waals surface area contributed by atoms with Gasteiger partial charge >= 0.3 is 0 Å². The molecule has 5 heteroatoms. The Morgan fingerprint density at radius 1 is 1.26 bits per heavy atom. The van der Waals surface area contributed by atoms with Crippen LogP contribution in [0.3, 0.4) is 0 Å². The van der Waals surface area contributed by atoms with Gasteiger partial charge in [-0.15, -0.1) is 0 Å². The van der Waals surface area contributed by atoms with Gasteiger partial charge in [-0.2, -0.15) is 9.65 Å². The highest BCUT2D eigenvalue weighted by molar-refractivity contribution is 5.86. The summed E-state index contributed by atoms with van der Waals surface area (Å²) in [5.41, 5.74) is 0.545. The number of rotatable bonds is 2. The SMILES string of the molecule is N#Cc1oc2ccccc2c1Oc1ccnc(F)c1. The second-order valence-corrected chi connectivity index (χ2v) is 3.78. The van der Waals surface area contributed by atoms with Crippen LogP contribution in [-0.4, -0.2) is 4.98 Å². The first-order valence-corrected chi connectivity index (χ1v) is 5.49. The maximum atomic E-state index is 13.0. The average molecular weight is 254 g/mol. The number of aromatic nitrogens is 1. The summed E-state index contributed by atoms with van der Waals surface area (Å²) in [6.07, 6.45) is 1.29. The molecule has 4 nitrogen and oxygen atoms in total. The fourth-order valence-corrected chi connectivity index (χ4v) is 1.76. The summed E-state index contributed by atoms with van der Waals surface area (Å²) in [4.78, 5) is 3.44. The molecule has 1 aromatic carbocycles. The molecule has 0 amide bonds. The topological polar surface area (TPSA) is 59.0 Å². The summed E-state index contributed by atoms with van der Waals surface area (Å²) >= 11 is 0. The van der Waals surface area contributed by atoms with Crippen molar-refractivity contribution in [3.8, 4) is 17.6 Å². The van der Waals surface area contributed by atoms with E-state index in [-0.39, 0.29) is 17.3 Å². The number of pyridine rings is 1. The number of ether oxygens (including phenoxy) is 1. The van der Waals surface area contributed by atoms with E-state index in [2.05, 4.69) is 4.98 Å². The van der Waals surface area contributed by atoms with Crippen molar-refractivity contribution in [2.24, 2.45) is 0 Å². The molecule has 3 aromatic rings. The second-order valence-electron chi connectivity index (χ2n) is 3.78. The Bertz CT molecular complexity index is 789. The van der Waals surface area contributed by atoms with Crippen molar-refractivity contribution in [1.29, 1.82) is 5.26 Å². The molecule has 0 fully saturated rings. The Morgan fingerprint density at radius 2 is 2.11 bits per heavy atom. The molecule has 3 rings (SSSR count). The Balaban J connectivity index is 2.12. The fraction of sp³-hybridized carbons (Fsp3) is 0. The van der Waals surface area contributed by atoms with E-state index in [9.17, 15) is 4.39 Å². The van der Waals surface area contributed by atoms with E-state index in [1.807, 2.05) is 6.07 Å². The van der Waals surface area contributed by atoms with Crippen LogP contribution in [-0.2, 0) is 0 Å². The minimum absolute atomic E-state index is 0.0541. The monoisotopic (exact) mass is 254 g/mol. The molecule has 0 saturated heterocycles. The number of fused-ring (bicyclic) bond motifs is 1. The summed E-state index contributed by atoms with van der Waals surface area (Å²) in [7, 11) is 0. The molecule has 92 valence electrons. The van der Waals surface area contributed by atoms with Crippen LogP contribution in [0.4, 0.5) is 4.39 Å². The minimum atomic E-state index is -0.649. The molecule has 0 saturated carbocycles. The van der Waals surface area contributed by atoms with Gasteiger partial charge in [0.1, 0.15) is 17.4 Å². The average Bonchev–Trinajstić information content (AvgIpc) is 2.77. The third-order valence-corrected chi connectivity index (χ3v) is 2.57. The standard InChI is InChI=1S/C14H7FN2O2/c15-13-7-9(5-6-17-13)18-14-10-3-1-2-4-11(10)19-12(14)8-16/h1-7H. The second kappa shape index (κ2) is 4.42. The van der Waals surface area contributed by atoms with Crippen molar-refractivity contribution in [1.82, 2.24) is 4.98 Å². The van der Waals surface area contributed by atoms with E-state index in [0.717, 1.165) is 6.07 Å². The number of halogens is 1. The molecule has 0 aliphatic rings. The molecule has 0 N–H and O–H groups in total. The number of nitrogens with zero attached hydrogens (tertiary/aromatic N) is 2. The first-order chi connectivity index (χ1) is 9.28. The quantitative estimate of drug-likeness (QED) is 0.655. The molecule has 2 heterocycles. The lowest BCUT2D eigenvalue weighted by atomic mass is 10.2. The molecule has 0 unspecified atom stereocenters. The van der Waals surface area contributed by atoms with E-state index in [1.54, 1.807) is 24.3 Å². The molecule has 0 aliphatic carbocycles. The predicted molar refractivity (Wildman–Crippen MR) is 65.2 cm³/mol. The summed E-state index contributed by atoms with van der Waals surface area (Å²) in [5, 5.41) is 9.71. The van der Waals surface area contributed by atoms with E-state index in [4.69, 9.17) is 14.4 Å². The van der Waals surface area contributed by atoms with Gasteiger partial charge in [0.2, 0.25) is 11.7 Å². The Kier molecular flexibility index (Phi) is 2.62. The highest BCUT2D eigenvalue weighted by Crippen LogP contribution is 2.35. The van der Waals surface area contributed by atoms with Gasteiger partial charge in [-0.05, 0) is 18.2 Å². The van der Waals surface area contributed by atoms with Gasteiger partial charge in [0.15, 0.2) is 5.75 Å². The molecule has 0 atom stereocenters. The van der Waals surface area contributed by atoms with Gasteiger partial charge in [0.25, 0.3) is 0 Å². The molecular weight excluding hydrogens is 247 g/mol. The van der Waals surface area contributed by atoms with Gasteiger partial charge in [0.05, 0.1) is 5.39 Å². The van der Waals surface area contributed by atoms with Crippen LogP contribution in [0.2, 0.25) is 0 Å². The van der Waals surface area contributed by atoms with Gasteiger partial charge < -0.3 is 9.15 Å². The maximum Gasteiger partial charge on any atom is 0.247 e. The van der Waals surface area contributed by atoms with Crippen molar-refractivity contribution in [3.63, 3.8) is 0 Å². The fourth-order valence-electron chi connectivity index (χ4n) is 1.76. The van der Waals surface area contributed by atoms with Crippen molar-refractivity contribution in [2.75, 3.05) is 0 Å². The first kappa shape index (κ1) is 11.2. The van der Waals surface area contributed by atoms with Crippen LogP contribution in [0.15, 0.2) is 47.0 Å². The molecule has 0 radical (unpaired) electrons. The molecule has 0 aliphatic heterocycles. The minimum Gasteiger partial charge on any atom is -0.452 e. The van der Waals surface area contributed by atoms with Crippen LogP contribution < -0.4 is 4.74 Å². The summed E-state index contributed by atoms with van der Waals surface area (Å²) in [6.45, 7) is 0. The van der Waals surface area contributed by atoms with E-state index in [1.165, 1.54) is 12.3 Å². The normalized spacial score (nSPS) is 10.3. The Hall–Kier alpha value is -2.87. The van der Waals surface area contributed by atoms with E-state index < -0.39 is 5.95 Å². The molecule has 0 bridgehead atoms. The smallest absolute Gasteiger partial charge is 0.247 e. The van der Waals surface area contributed by atoms with Crippen molar-refractivity contribution < 1.29 is 13.5 Å². The van der Waals surface area contributed by atoms with Crippen LogP contribution in [0.1, 0.15) is 5.76 Å². The highest BCUT2D eigenvalue weighted by Gasteiger charge is 2.16. The zero-order chi connectivity index (χ0) is 13.2. The lowest BCUT2D eigenvalue weighted by Crippen LogP contribution is -1.88. The van der Waals surface area contributed by atoms with Crippen LogP contribution in [0.5, 0.6) is 11.5 Å². The molecule has 0 spiro atoms. The Labute approximate surface area is 107 Å².